The zero-order valence-corrected chi connectivity index (χ0v) is 15.2. The van der Waals surface area contributed by atoms with Crippen molar-refractivity contribution in [2.75, 3.05) is 6.54 Å². The van der Waals surface area contributed by atoms with E-state index in [2.05, 4.69) is 10.3 Å². The largest absolute Gasteiger partial charge is 0.486 e. The van der Waals surface area contributed by atoms with E-state index in [1.807, 2.05) is 23.8 Å². The molecule has 0 aliphatic heterocycles. The Labute approximate surface area is 156 Å². The normalized spacial score (nSPS) is 10.7. The smallest absolute Gasteiger partial charge is 0.286 e. The number of aromatic nitrogens is 2. The molecule has 1 aromatic carbocycles. The van der Waals surface area contributed by atoms with Gasteiger partial charge in [0.2, 0.25) is 0 Å². The van der Waals surface area contributed by atoms with Crippen LogP contribution in [0.25, 0.3) is 0 Å². The van der Waals surface area contributed by atoms with E-state index >= 15 is 0 Å². The first kappa shape index (κ1) is 18.1. The minimum absolute atomic E-state index is 0.232. The van der Waals surface area contributed by atoms with Crippen LogP contribution in [-0.4, -0.2) is 22.0 Å². The number of amides is 1. The lowest BCUT2D eigenvalue weighted by atomic mass is 10.2. The maximum atomic E-state index is 12.1. The van der Waals surface area contributed by atoms with Crippen molar-refractivity contribution in [3.63, 3.8) is 0 Å². The maximum Gasteiger partial charge on any atom is 0.286 e. The Balaban J connectivity index is 1.44. The molecule has 3 aromatic rings. The van der Waals surface area contributed by atoms with E-state index in [4.69, 9.17) is 20.8 Å². The molecule has 0 aliphatic carbocycles. The molecule has 2 aromatic heterocycles. The summed E-state index contributed by atoms with van der Waals surface area (Å²) in [5.74, 6) is 1.33. The van der Waals surface area contributed by atoms with Crippen LogP contribution in [-0.2, 0) is 13.2 Å². The molecule has 0 unspecified atom stereocenters. The number of hydrogen-bond donors (Lipinski definition) is 1. The summed E-state index contributed by atoms with van der Waals surface area (Å²) in [6.45, 7) is 3.53. The van der Waals surface area contributed by atoms with Crippen molar-refractivity contribution >= 4 is 17.5 Å². The van der Waals surface area contributed by atoms with Crippen molar-refractivity contribution < 1.29 is 13.9 Å². The van der Waals surface area contributed by atoms with Gasteiger partial charge in [0.05, 0.1) is 6.33 Å². The van der Waals surface area contributed by atoms with Gasteiger partial charge in [-0.15, -0.1) is 0 Å². The van der Waals surface area contributed by atoms with Crippen molar-refractivity contribution in [2.24, 2.45) is 0 Å². The third-order valence-corrected chi connectivity index (χ3v) is 4.26. The van der Waals surface area contributed by atoms with Crippen LogP contribution in [0.2, 0.25) is 5.02 Å². The number of ether oxygens (including phenoxy) is 1. The summed E-state index contributed by atoms with van der Waals surface area (Å²) < 4.78 is 13.2. The van der Waals surface area contributed by atoms with Crippen molar-refractivity contribution in [3.05, 3.63) is 71.2 Å². The van der Waals surface area contributed by atoms with Gasteiger partial charge in [-0.1, -0.05) is 11.6 Å². The molecular weight excluding hydrogens is 354 g/mol. The minimum atomic E-state index is -0.232. The van der Waals surface area contributed by atoms with E-state index in [9.17, 15) is 4.79 Å². The van der Waals surface area contributed by atoms with Crippen LogP contribution in [0.15, 0.2) is 53.5 Å². The molecule has 136 valence electrons. The predicted octanol–water partition coefficient (Wildman–Crippen LogP) is 3.84. The molecule has 1 amide bonds. The third-order valence-electron chi connectivity index (χ3n) is 3.83. The fourth-order valence-electron chi connectivity index (χ4n) is 2.41. The van der Waals surface area contributed by atoms with E-state index in [1.54, 1.807) is 36.8 Å². The molecule has 0 fully saturated rings. The Hall–Kier alpha value is -2.73. The monoisotopic (exact) mass is 373 g/mol. The lowest BCUT2D eigenvalue weighted by Gasteiger charge is -2.06. The zero-order valence-electron chi connectivity index (χ0n) is 14.4. The number of carbonyl (C=O) groups excluding carboxylic acids is 1. The first-order valence-electron chi connectivity index (χ1n) is 8.33. The van der Waals surface area contributed by atoms with E-state index < -0.39 is 0 Å². The number of furan rings is 1. The molecular formula is C19H20ClN3O3. The second-order valence-corrected chi connectivity index (χ2v) is 6.28. The van der Waals surface area contributed by atoms with E-state index in [1.165, 1.54) is 0 Å². The van der Waals surface area contributed by atoms with Crippen LogP contribution in [0.5, 0.6) is 5.75 Å². The number of nitrogens with zero attached hydrogens (tertiary/aromatic N) is 2. The van der Waals surface area contributed by atoms with Gasteiger partial charge in [-0.2, -0.15) is 0 Å². The minimum Gasteiger partial charge on any atom is -0.486 e. The summed E-state index contributed by atoms with van der Waals surface area (Å²) >= 11 is 5.99. The van der Waals surface area contributed by atoms with Crippen molar-refractivity contribution in [2.45, 2.75) is 26.5 Å². The van der Waals surface area contributed by atoms with Crippen LogP contribution >= 0.6 is 11.6 Å². The van der Waals surface area contributed by atoms with E-state index in [-0.39, 0.29) is 18.3 Å². The van der Waals surface area contributed by atoms with Gasteiger partial charge < -0.3 is 19.0 Å². The summed E-state index contributed by atoms with van der Waals surface area (Å²) in [7, 11) is 0. The van der Waals surface area contributed by atoms with Gasteiger partial charge in [0.15, 0.2) is 5.76 Å². The number of nitrogens with one attached hydrogen (secondary N) is 1. The summed E-state index contributed by atoms with van der Waals surface area (Å²) in [5, 5.41) is 3.54. The molecule has 0 saturated heterocycles. The first-order valence-corrected chi connectivity index (χ1v) is 8.71. The average molecular weight is 374 g/mol. The highest BCUT2D eigenvalue weighted by Gasteiger charge is 2.11. The molecule has 6 nitrogen and oxygen atoms in total. The molecule has 0 radical (unpaired) electrons. The highest BCUT2D eigenvalue weighted by Crippen LogP contribution is 2.22. The molecule has 0 spiro atoms. The highest BCUT2D eigenvalue weighted by atomic mass is 35.5. The Bertz CT molecular complexity index is 859. The molecule has 1 N–H and O–H groups in total. The Kier molecular flexibility index (Phi) is 5.96. The summed E-state index contributed by atoms with van der Waals surface area (Å²) in [4.78, 5) is 16.1. The lowest BCUT2D eigenvalue weighted by molar-refractivity contribution is 0.0921. The van der Waals surface area contributed by atoms with Crippen LogP contribution in [0.3, 0.4) is 0 Å². The topological polar surface area (TPSA) is 69.3 Å². The van der Waals surface area contributed by atoms with Gasteiger partial charge in [-0.25, -0.2) is 4.98 Å². The van der Waals surface area contributed by atoms with Crippen molar-refractivity contribution in [1.82, 2.24) is 14.9 Å². The molecule has 3 rings (SSSR count). The van der Waals surface area contributed by atoms with Gasteiger partial charge in [-0.05, 0) is 49.2 Å². The quantitative estimate of drug-likeness (QED) is 0.609. The highest BCUT2D eigenvalue weighted by molar-refractivity contribution is 6.31. The number of imidazole rings is 1. The SMILES string of the molecule is Cc1cc(OCc2ccc(C(=O)NCCCn3ccnc3)o2)ccc1Cl. The molecule has 0 aliphatic rings. The van der Waals surface area contributed by atoms with Crippen LogP contribution in [0, 0.1) is 6.92 Å². The van der Waals surface area contributed by atoms with Gasteiger partial charge >= 0.3 is 0 Å². The van der Waals surface area contributed by atoms with Crippen molar-refractivity contribution in [3.8, 4) is 5.75 Å². The van der Waals surface area contributed by atoms with Crippen molar-refractivity contribution in [1.29, 1.82) is 0 Å². The second-order valence-electron chi connectivity index (χ2n) is 5.88. The molecule has 0 bridgehead atoms. The standard InChI is InChI=1S/C19H20ClN3O3/c1-14-11-15(3-5-17(14)20)25-12-16-4-6-18(26-16)19(24)22-7-2-9-23-10-8-21-13-23/h3-6,8,10-11,13H,2,7,9,12H2,1H3,(H,22,24). The Morgan fingerprint density at radius 2 is 2.23 bits per heavy atom. The van der Waals surface area contributed by atoms with Crippen LogP contribution < -0.4 is 10.1 Å². The lowest BCUT2D eigenvalue weighted by Crippen LogP contribution is -2.24. The number of benzene rings is 1. The second kappa shape index (κ2) is 8.58. The number of hydrogen-bond acceptors (Lipinski definition) is 4. The number of rotatable bonds is 8. The molecule has 26 heavy (non-hydrogen) atoms. The molecule has 2 heterocycles. The fourth-order valence-corrected chi connectivity index (χ4v) is 2.53. The maximum absolute atomic E-state index is 12.1. The molecule has 0 atom stereocenters. The van der Waals surface area contributed by atoms with Gasteiger partial charge in [0, 0.05) is 30.5 Å². The number of aryl methyl sites for hydroxylation is 2. The third kappa shape index (κ3) is 4.89. The Morgan fingerprint density at radius 3 is 3.00 bits per heavy atom. The number of carbonyl (C=O) groups is 1. The fraction of sp³-hybridized carbons (Fsp3) is 0.263. The van der Waals surface area contributed by atoms with Gasteiger partial charge in [0.1, 0.15) is 18.1 Å². The van der Waals surface area contributed by atoms with Gasteiger partial charge in [-0.3, -0.25) is 4.79 Å². The molecule has 0 saturated carbocycles. The molecule has 7 heteroatoms. The summed E-state index contributed by atoms with van der Waals surface area (Å²) in [6, 6.07) is 8.84. The zero-order chi connectivity index (χ0) is 18.4. The Morgan fingerprint density at radius 1 is 1.35 bits per heavy atom. The average Bonchev–Trinajstić information content (AvgIpc) is 3.31. The summed E-state index contributed by atoms with van der Waals surface area (Å²) in [5.41, 5.74) is 0.944. The van der Waals surface area contributed by atoms with Crippen LogP contribution in [0.4, 0.5) is 0 Å². The number of halogens is 1. The van der Waals surface area contributed by atoms with E-state index in [0.717, 1.165) is 18.5 Å². The van der Waals surface area contributed by atoms with E-state index in [0.29, 0.717) is 23.1 Å². The summed E-state index contributed by atoms with van der Waals surface area (Å²) in [6.07, 6.45) is 6.19. The van der Waals surface area contributed by atoms with Crippen LogP contribution in [0.1, 0.15) is 28.3 Å². The first-order chi connectivity index (χ1) is 12.6. The predicted molar refractivity (Wildman–Crippen MR) is 98.4 cm³/mol. The van der Waals surface area contributed by atoms with Gasteiger partial charge in [0.25, 0.3) is 5.91 Å².